The smallest absolute Gasteiger partial charge is 0.257 e. The maximum absolute atomic E-state index is 12.8. The molecule has 0 aliphatic carbocycles. The molecule has 0 radical (unpaired) electrons. The molecule has 2 fully saturated rings. The predicted octanol–water partition coefficient (Wildman–Crippen LogP) is 2.70. The number of benzene rings is 1. The normalized spacial score (nSPS) is 18.8. The summed E-state index contributed by atoms with van der Waals surface area (Å²) in [5.41, 5.74) is 1.95. The van der Waals surface area contributed by atoms with Gasteiger partial charge in [-0.05, 0) is 37.8 Å². The largest absolute Gasteiger partial charge is 0.489 e. The van der Waals surface area contributed by atoms with Crippen molar-refractivity contribution in [1.82, 2.24) is 19.6 Å². The van der Waals surface area contributed by atoms with Gasteiger partial charge in [0.05, 0.1) is 11.8 Å². The summed E-state index contributed by atoms with van der Waals surface area (Å²) in [5, 5.41) is 4.24. The molecule has 2 aliphatic rings. The minimum Gasteiger partial charge on any atom is -0.489 e. The van der Waals surface area contributed by atoms with Crippen LogP contribution in [0.1, 0.15) is 41.6 Å². The van der Waals surface area contributed by atoms with Crippen LogP contribution in [0, 0.1) is 0 Å². The van der Waals surface area contributed by atoms with Crippen molar-refractivity contribution in [2.75, 3.05) is 26.2 Å². The summed E-state index contributed by atoms with van der Waals surface area (Å²) >= 11 is 0. The van der Waals surface area contributed by atoms with Crippen molar-refractivity contribution in [1.29, 1.82) is 0 Å². The molecule has 2 aliphatic heterocycles. The third-order valence-electron chi connectivity index (χ3n) is 5.50. The van der Waals surface area contributed by atoms with Gasteiger partial charge in [-0.3, -0.25) is 14.4 Å². The lowest BCUT2D eigenvalue weighted by Gasteiger charge is -2.32. The third kappa shape index (κ3) is 4.33. The molecule has 3 heterocycles. The number of nitrogens with zero attached hydrogens (tertiary/aromatic N) is 4. The third-order valence-corrected chi connectivity index (χ3v) is 5.50. The molecule has 1 amide bonds. The highest BCUT2D eigenvalue weighted by atomic mass is 16.5. The Morgan fingerprint density at radius 3 is 2.59 bits per heavy atom. The van der Waals surface area contributed by atoms with E-state index in [0.717, 1.165) is 64.2 Å². The SMILES string of the molecule is Cn1cc(CN2CCC(Oc3ccccc3C(=O)N3CCCC3)CC2)cn1. The molecule has 0 spiro atoms. The Labute approximate surface area is 160 Å². The number of ether oxygens (including phenoxy) is 1. The van der Waals surface area contributed by atoms with E-state index in [1.807, 2.05) is 47.1 Å². The van der Waals surface area contributed by atoms with Crippen LogP contribution in [-0.4, -0.2) is 57.8 Å². The van der Waals surface area contributed by atoms with E-state index in [1.54, 1.807) is 0 Å². The van der Waals surface area contributed by atoms with Crippen LogP contribution in [0.25, 0.3) is 0 Å². The van der Waals surface area contributed by atoms with Gasteiger partial charge < -0.3 is 9.64 Å². The first-order valence-electron chi connectivity index (χ1n) is 9.94. The summed E-state index contributed by atoms with van der Waals surface area (Å²) in [6.45, 7) is 4.66. The Morgan fingerprint density at radius 2 is 1.89 bits per heavy atom. The monoisotopic (exact) mass is 368 g/mol. The van der Waals surface area contributed by atoms with Gasteiger partial charge in [-0.25, -0.2) is 0 Å². The molecule has 6 nitrogen and oxygen atoms in total. The average molecular weight is 368 g/mol. The van der Waals surface area contributed by atoms with E-state index >= 15 is 0 Å². The van der Waals surface area contributed by atoms with Crippen molar-refractivity contribution in [2.24, 2.45) is 7.05 Å². The summed E-state index contributed by atoms with van der Waals surface area (Å²) < 4.78 is 8.13. The Kier molecular flexibility index (Phi) is 5.43. The first kappa shape index (κ1) is 18.0. The van der Waals surface area contributed by atoms with Gasteiger partial charge in [-0.1, -0.05) is 12.1 Å². The number of carbonyl (C=O) groups is 1. The van der Waals surface area contributed by atoms with E-state index in [1.165, 1.54) is 5.56 Å². The zero-order valence-corrected chi connectivity index (χ0v) is 16.0. The van der Waals surface area contributed by atoms with Gasteiger partial charge >= 0.3 is 0 Å². The van der Waals surface area contributed by atoms with Crippen molar-refractivity contribution in [3.05, 3.63) is 47.8 Å². The van der Waals surface area contributed by atoms with Crippen LogP contribution in [0.15, 0.2) is 36.7 Å². The Bertz CT molecular complexity index is 774. The lowest BCUT2D eigenvalue weighted by molar-refractivity contribution is 0.0765. The highest BCUT2D eigenvalue weighted by Gasteiger charge is 2.25. The average Bonchev–Trinajstić information content (AvgIpc) is 3.35. The zero-order chi connectivity index (χ0) is 18.6. The maximum Gasteiger partial charge on any atom is 0.257 e. The number of amides is 1. The Hall–Kier alpha value is -2.34. The molecule has 4 rings (SSSR count). The molecule has 1 aromatic heterocycles. The molecule has 0 bridgehead atoms. The van der Waals surface area contributed by atoms with Crippen LogP contribution in [0.3, 0.4) is 0 Å². The van der Waals surface area contributed by atoms with E-state index in [0.29, 0.717) is 5.56 Å². The number of aryl methyl sites for hydroxylation is 1. The topological polar surface area (TPSA) is 50.6 Å². The van der Waals surface area contributed by atoms with Crippen LogP contribution in [-0.2, 0) is 13.6 Å². The van der Waals surface area contributed by atoms with E-state index in [2.05, 4.69) is 16.2 Å². The van der Waals surface area contributed by atoms with Crippen molar-refractivity contribution in [3.63, 3.8) is 0 Å². The van der Waals surface area contributed by atoms with Crippen LogP contribution in [0.5, 0.6) is 5.75 Å². The highest BCUT2D eigenvalue weighted by Crippen LogP contribution is 2.26. The van der Waals surface area contributed by atoms with Crippen molar-refractivity contribution < 1.29 is 9.53 Å². The molecular weight excluding hydrogens is 340 g/mol. The van der Waals surface area contributed by atoms with Crippen molar-refractivity contribution >= 4 is 5.91 Å². The zero-order valence-electron chi connectivity index (χ0n) is 16.0. The van der Waals surface area contributed by atoms with Gasteiger partial charge in [-0.15, -0.1) is 0 Å². The number of rotatable bonds is 5. The summed E-state index contributed by atoms with van der Waals surface area (Å²) in [5.74, 6) is 0.845. The number of likely N-dealkylation sites (tertiary alicyclic amines) is 2. The predicted molar refractivity (Wildman–Crippen MR) is 104 cm³/mol. The molecule has 0 N–H and O–H groups in total. The van der Waals surface area contributed by atoms with Crippen LogP contribution >= 0.6 is 0 Å². The number of carbonyl (C=O) groups excluding carboxylic acids is 1. The van der Waals surface area contributed by atoms with Gasteiger partial charge in [0.15, 0.2) is 0 Å². The molecule has 0 unspecified atom stereocenters. The van der Waals surface area contributed by atoms with Gasteiger partial charge in [0, 0.05) is 51.5 Å². The Balaban J connectivity index is 1.34. The van der Waals surface area contributed by atoms with Gasteiger partial charge in [-0.2, -0.15) is 5.10 Å². The molecule has 0 saturated carbocycles. The summed E-state index contributed by atoms with van der Waals surface area (Å²) in [7, 11) is 1.95. The standard InChI is InChI=1S/C21H28N4O2/c1-23-15-17(14-22-23)16-24-12-8-18(9-13-24)27-20-7-3-2-6-19(20)21(26)25-10-4-5-11-25/h2-3,6-7,14-15,18H,4-5,8-13,16H2,1H3. The van der Waals surface area contributed by atoms with Crippen LogP contribution < -0.4 is 4.74 Å². The lowest BCUT2D eigenvalue weighted by Crippen LogP contribution is -2.38. The molecule has 27 heavy (non-hydrogen) atoms. The van der Waals surface area contributed by atoms with E-state index in [4.69, 9.17) is 4.74 Å². The van der Waals surface area contributed by atoms with Gasteiger partial charge in [0.2, 0.25) is 0 Å². The van der Waals surface area contributed by atoms with Gasteiger partial charge in [0.25, 0.3) is 5.91 Å². The molecular formula is C21H28N4O2. The molecule has 0 atom stereocenters. The van der Waals surface area contributed by atoms with Gasteiger partial charge in [0.1, 0.15) is 11.9 Å². The summed E-state index contributed by atoms with van der Waals surface area (Å²) in [6, 6.07) is 7.71. The maximum atomic E-state index is 12.8. The summed E-state index contributed by atoms with van der Waals surface area (Å²) in [6.07, 6.45) is 8.33. The molecule has 1 aromatic carbocycles. The van der Waals surface area contributed by atoms with Crippen molar-refractivity contribution in [2.45, 2.75) is 38.3 Å². The molecule has 2 saturated heterocycles. The van der Waals surface area contributed by atoms with Crippen molar-refractivity contribution in [3.8, 4) is 5.75 Å². The van der Waals surface area contributed by atoms with Crippen LogP contribution in [0.2, 0.25) is 0 Å². The number of para-hydroxylation sites is 1. The quantitative estimate of drug-likeness (QED) is 0.814. The second-order valence-electron chi connectivity index (χ2n) is 7.61. The second kappa shape index (κ2) is 8.13. The summed E-state index contributed by atoms with van der Waals surface area (Å²) in [4.78, 5) is 17.2. The number of hydrogen-bond acceptors (Lipinski definition) is 4. The fourth-order valence-corrected chi connectivity index (χ4v) is 4.01. The number of hydrogen-bond donors (Lipinski definition) is 0. The molecule has 144 valence electrons. The molecule has 2 aromatic rings. The van der Waals surface area contributed by atoms with Crippen LogP contribution in [0.4, 0.5) is 0 Å². The highest BCUT2D eigenvalue weighted by molar-refractivity contribution is 5.97. The minimum atomic E-state index is 0.108. The first-order chi connectivity index (χ1) is 13.2. The second-order valence-corrected chi connectivity index (χ2v) is 7.61. The first-order valence-corrected chi connectivity index (χ1v) is 9.94. The number of piperidine rings is 1. The minimum absolute atomic E-state index is 0.108. The van der Waals surface area contributed by atoms with E-state index < -0.39 is 0 Å². The fraction of sp³-hybridized carbons (Fsp3) is 0.524. The van der Waals surface area contributed by atoms with E-state index in [9.17, 15) is 4.79 Å². The lowest BCUT2D eigenvalue weighted by atomic mass is 10.1. The Morgan fingerprint density at radius 1 is 1.15 bits per heavy atom. The number of aromatic nitrogens is 2. The fourth-order valence-electron chi connectivity index (χ4n) is 4.01. The van der Waals surface area contributed by atoms with E-state index in [-0.39, 0.29) is 12.0 Å². The molecule has 6 heteroatoms.